The van der Waals surface area contributed by atoms with Gasteiger partial charge in [0.05, 0.1) is 14.2 Å². The van der Waals surface area contributed by atoms with Crippen LogP contribution >= 0.6 is 0 Å². The lowest BCUT2D eigenvalue weighted by Gasteiger charge is -2.33. The molecule has 1 fully saturated rings. The molecule has 1 aliphatic rings. The highest BCUT2D eigenvalue weighted by atomic mass is 19.1. The largest absolute Gasteiger partial charge is 0.494 e. The summed E-state index contributed by atoms with van der Waals surface area (Å²) in [6.07, 6.45) is 2.77. The lowest BCUT2D eigenvalue weighted by molar-refractivity contribution is -0.148. The van der Waals surface area contributed by atoms with Crippen molar-refractivity contribution < 1.29 is 18.7 Å². The van der Waals surface area contributed by atoms with Crippen molar-refractivity contribution >= 4 is 5.97 Å². The molecule has 0 aromatic heterocycles. The van der Waals surface area contributed by atoms with Crippen molar-refractivity contribution in [3.05, 3.63) is 29.6 Å². The van der Waals surface area contributed by atoms with Crippen molar-refractivity contribution in [2.75, 3.05) is 20.8 Å². The van der Waals surface area contributed by atoms with Crippen LogP contribution in [0.3, 0.4) is 0 Å². The van der Waals surface area contributed by atoms with Crippen LogP contribution in [-0.2, 0) is 16.1 Å². The van der Waals surface area contributed by atoms with Crippen LogP contribution in [0.1, 0.15) is 24.8 Å². The van der Waals surface area contributed by atoms with Crippen molar-refractivity contribution in [3.8, 4) is 5.75 Å². The number of carbonyl (C=O) groups excluding carboxylic acids is 1. The minimum Gasteiger partial charge on any atom is -0.494 e. The molecule has 20 heavy (non-hydrogen) atoms. The minimum atomic E-state index is -0.357. The van der Waals surface area contributed by atoms with Gasteiger partial charge in [0.2, 0.25) is 0 Å². The van der Waals surface area contributed by atoms with Gasteiger partial charge in [0.15, 0.2) is 11.6 Å². The van der Waals surface area contributed by atoms with Crippen LogP contribution in [0.2, 0.25) is 0 Å². The number of benzene rings is 1. The van der Waals surface area contributed by atoms with E-state index in [-0.39, 0.29) is 23.6 Å². The molecule has 1 atom stereocenters. The molecule has 0 N–H and O–H groups in total. The number of nitrogens with zero attached hydrogens (tertiary/aromatic N) is 1. The molecule has 5 heteroatoms. The third-order valence-corrected chi connectivity index (χ3v) is 3.72. The molecule has 0 aliphatic carbocycles. The Labute approximate surface area is 118 Å². The Kier molecular flexibility index (Phi) is 4.95. The van der Waals surface area contributed by atoms with Gasteiger partial charge in [-0.25, -0.2) is 4.39 Å². The Morgan fingerprint density at radius 2 is 2.20 bits per heavy atom. The summed E-state index contributed by atoms with van der Waals surface area (Å²) in [4.78, 5) is 13.8. The van der Waals surface area contributed by atoms with E-state index in [1.165, 1.54) is 14.2 Å². The van der Waals surface area contributed by atoms with Gasteiger partial charge in [-0.3, -0.25) is 9.69 Å². The summed E-state index contributed by atoms with van der Waals surface area (Å²) in [6, 6.07) is 4.79. The summed E-state index contributed by atoms with van der Waals surface area (Å²) in [5.74, 6) is -0.369. The molecule has 1 heterocycles. The first-order valence-corrected chi connectivity index (χ1v) is 6.80. The second kappa shape index (κ2) is 6.70. The monoisotopic (exact) mass is 281 g/mol. The summed E-state index contributed by atoms with van der Waals surface area (Å²) < 4.78 is 24.0. The highest BCUT2D eigenvalue weighted by Crippen LogP contribution is 2.25. The van der Waals surface area contributed by atoms with Crippen LogP contribution < -0.4 is 4.74 Å². The lowest BCUT2D eigenvalue weighted by Crippen LogP contribution is -2.44. The van der Waals surface area contributed by atoms with Crippen molar-refractivity contribution in [1.29, 1.82) is 0 Å². The average Bonchev–Trinajstić information content (AvgIpc) is 2.49. The normalized spacial score (nSPS) is 19.6. The molecule has 1 aromatic rings. The van der Waals surface area contributed by atoms with Crippen LogP contribution in [0, 0.1) is 5.82 Å². The molecule has 2 rings (SSSR count). The predicted octanol–water partition coefficient (Wildman–Crippen LogP) is 2.36. The smallest absolute Gasteiger partial charge is 0.323 e. The zero-order valence-corrected chi connectivity index (χ0v) is 11.9. The molecule has 1 aliphatic heterocycles. The number of piperidine rings is 1. The third-order valence-electron chi connectivity index (χ3n) is 3.72. The molecule has 1 unspecified atom stereocenters. The highest BCUT2D eigenvalue weighted by Gasteiger charge is 2.30. The summed E-state index contributed by atoms with van der Waals surface area (Å²) >= 11 is 0. The van der Waals surface area contributed by atoms with Gasteiger partial charge in [0.1, 0.15) is 6.04 Å². The first-order valence-electron chi connectivity index (χ1n) is 6.80. The van der Waals surface area contributed by atoms with Gasteiger partial charge in [-0.2, -0.15) is 0 Å². The summed E-state index contributed by atoms with van der Waals surface area (Å²) in [5, 5.41) is 0. The van der Waals surface area contributed by atoms with Gasteiger partial charge in [-0.15, -0.1) is 0 Å². The van der Waals surface area contributed by atoms with Gasteiger partial charge in [0.25, 0.3) is 0 Å². The van der Waals surface area contributed by atoms with Crippen LogP contribution in [0.5, 0.6) is 5.75 Å². The minimum absolute atomic E-state index is 0.231. The Hall–Kier alpha value is -1.62. The molecule has 0 bridgehead atoms. The first-order chi connectivity index (χ1) is 9.67. The molecule has 4 nitrogen and oxygen atoms in total. The first kappa shape index (κ1) is 14.8. The summed E-state index contributed by atoms with van der Waals surface area (Å²) in [6.45, 7) is 1.17. The number of rotatable bonds is 4. The van der Waals surface area contributed by atoms with E-state index >= 15 is 0 Å². The number of esters is 1. The van der Waals surface area contributed by atoms with Gasteiger partial charge < -0.3 is 9.47 Å². The number of methoxy groups -OCH3 is 2. The summed E-state index contributed by atoms with van der Waals surface area (Å²) in [7, 11) is 2.83. The molecular weight excluding hydrogens is 261 g/mol. The predicted molar refractivity (Wildman–Crippen MR) is 73.0 cm³/mol. The second-order valence-corrected chi connectivity index (χ2v) is 4.94. The SMILES string of the molecule is COC(=O)C1CCCCN1Cc1cccc(OC)c1F. The van der Waals surface area contributed by atoms with E-state index in [4.69, 9.17) is 9.47 Å². The molecule has 110 valence electrons. The zero-order valence-electron chi connectivity index (χ0n) is 11.9. The third kappa shape index (κ3) is 3.10. The fourth-order valence-electron chi connectivity index (χ4n) is 2.64. The maximum Gasteiger partial charge on any atom is 0.323 e. The second-order valence-electron chi connectivity index (χ2n) is 4.94. The van der Waals surface area contributed by atoms with Crippen LogP contribution in [0.15, 0.2) is 18.2 Å². The average molecular weight is 281 g/mol. The van der Waals surface area contributed by atoms with E-state index in [2.05, 4.69) is 0 Å². The topological polar surface area (TPSA) is 38.8 Å². The quantitative estimate of drug-likeness (QED) is 0.794. The molecule has 0 amide bonds. The Balaban J connectivity index is 2.16. The van der Waals surface area contributed by atoms with Crippen molar-refractivity contribution in [3.63, 3.8) is 0 Å². The maximum atomic E-state index is 14.2. The number of halogens is 1. The molecule has 1 saturated heterocycles. The van der Waals surface area contributed by atoms with Crippen molar-refractivity contribution in [2.24, 2.45) is 0 Å². The number of ether oxygens (including phenoxy) is 2. The van der Waals surface area contributed by atoms with E-state index in [1.54, 1.807) is 18.2 Å². The number of likely N-dealkylation sites (tertiary alicyclic amines) is 1. The Morgan fingerprint density at radius 3 is 2.90 bits per heavy atom. The van der Waals surface area contributed by atoms with Gasteiger partial charge in [-0.1, -0.05) is 18.6 Å². The fraction of sp³-hybridized carbons (Fsp3) is 0.533. The Morgan fingerprint density at radius 1 is 1.40 bits per heavy atom. The fourth-order valence-corrected chi connectivity index (χ4v) is 2.64. The van der Waals surface area contributed by atoms with Gasteiger partial charge >= 0.3 is 5.97 Å². The standard InChI is InChI=1S/C15H20FNO3/c1-19-13-8-5-6-11(14(13)16)10-17-9-4-3-7-12(17)15(18)20-2/h5-6,8,12H,3-4,7,9-10H2,1-2H3. The van der Waals surface area contributed by atoms with Crippen molar-refractivity contribution in [2.45, 2.75) is 31.8 Å². The van der Waals surface area contributed by atoms with Crippen LogP contribution in [-0.4, -0.2) is 37.7 Å². The molecule has 0 radical (unpaired) electrons. The van der Waals surface area contributed by atoms with Gasteiger partial charge in [-0.05, 0) is 25.5 Å². The molecule has 0 spiro atoms. The van der Waals surface area contributed by atoms with Crippen molar-refractivity contribution in [1.82, 2.24) is 4.90 Å². The summed E-state index contributed by atoms with van der Waals surface area (Å²) in [5.41, 5.74) is 0.542. The lowest BCUT2D eigenvalue weighted by atomic mass is 10.0. The van der Waals surface area contributed by atoms with E-state index in [1.807, 2.05) is 4.90 Å². The van der Waals surface area contributed by atoms with Crippen LogP contribution in [0.25, 0.3) is 0 Å². The Bertz CT molecular complexity index is 478. The van der Waals surface area contributed by atoms with E-state index in [0.29, 0.717) is 12.1 Å². The van der Waals surface area contributed by atoms with E-state index < -0.39 is 0 Å². The number of carbonyl (C=O) groups is 1. The highest BCUT2D eigenvalue weighted by molar-refractivity contribution is 5.75. The molecule has 1 aromatic carbocycles. The zero-order chi connectivity index (χ0) is 14.5. The molecule has 0 saturated carbocycles. The number of hydrogen-bond donors (Lipinski definition) is 0. The van der Waals surface area contributed by atoms with E-state index in [9.17, 15) is 9.18 Å². The maximum absolute atomic E-state index is 14.2. The van der Waals surface area contributed by atoms with Gasteiger partial charge in [0, 0.05) is 12.1 Å². The van der Waals surface area contributed by atoms with E-state index in [0.717, 1.165) is 25.8 Å². The number of hydrogen-bond acceptors (Lipinski definition) is 4. The van der Waals surface area contributed by atoms with Crippen LogP contribution in [0.4, 0.5) is 4.39 Å². The molecular formula is C15H20FNO3.